The summed E-state index contributed by atoms with van der Waals surface area (Å²) in [4.78, 5) is 16.2. The summed E-state index contributed by atoms with van der Waals surface area (Å²) in [6.45, 7) is 0.578. The summed E-state index contributed by atoms with van der Waals surface area (Å²) in [7, 11) is -3.04. The molecule has 1 saturated heterocycles. The molecule has 1 saturated carbocycles. The van der Waals surface area contributed by atoms with Gasteiger partial charge in [0.1, 0.15) is 0 Å². The number of tetrazole rings is 1. The molecule has 3 heterocycles. The maximum Gasteiger partial charge on any atom is 0.233 e. The summed E-state index contributed by atoms with van der Waals surface area (Å²) in [5.41, 5.74) is 0. The number of carbonyl (C=O) groups is 1. The highest BCUT2D eigenvalue weighted by atomic mass is 32.2. The van der Waals surface area contributed by atoms with Crippen LogP contribution in [-0.4, -0.2) is 68.8 Å². The van der Waals surface area contributed by atoms with E-state index in [0.29, 0.717) is 18.1 Å². The largest absolute Gasteiger partial charge is 0.335 e. The Labute approximate surface area is 179 Å². The van der Waals surface area contributed by atoms with E-state index in [1.165, 1.54) is 18.2 Å². The Balaban J connectivity index is 1.44. The van der Waals surface area contributed by atoms with E-state index in [2.05, 4.69) is 15.5 Å². The van der Waals surface area contributed by atoms with Gasteiger partial charge in [0, 0.05) is 17.0 Å². The molecule has 158 valence electrons. The Bertz CT molecular complexity index is 922. The molecule has 1 atom stereocenters. The molecule has 29 heavy (non-hydrogen) atoms. The van der Waals surface area contributed by atoms with Gasteiger partial charge in [-0.1, -0.05) is 37.1 Å². The molecule has 0 bridgehead atoms. The van der Waals surface area contributed by atoms with Crippen LogP contribution in [-0.2, 0) is 21.2 Å². The number of hydrogen-bond donors (Lipinski definition) is 0. The van der Waals surface area contributed by atoms with Gasteiger partial charge in [0.25, 0.3) is 0 Å². The molecule has 1 aliphatic carbocycles. The molecule has 0 radical (unpaired) electrons. The fraction of sp³-hybridized carbons (Fsp3) is 0.667. The third kappa shape index (κ3) is 5.18. The molecule has 2 aromatic rings. The first-order valence-electron chi connectivity index (χ1n) is 9.95. The van der Waals surface area contributed by atoms with Crippen LogP contribution in [0, 0.1) is 0 Å². The number of thioether (sulfide) groups is 1. The van der Waals surface area contributed by atoms with Gasteiger partial charge in [-0.15, -0.1) is 16.4 Å². The molecule has 0 aromatic carbocycles. The van der Waals surface area contributed by atoms with E-state index >= 15 is 0 Å². The summed E-state index contributed by atoms with van der Waals surface area (Å²) in [5, 5.41) is 14.5. The number of amides is 1. The van der Waals surface area contributed by atoms with Crippen molar-refractivity contribution in [3.63, 3.8) is 0 Å². The van der Waals surface area contributed by atoms with Crippen molar-refractivity contribution < 1.29 is 13.2 Å². The zero-order chi connectivity index (χ0) is 20.3. The van der Waals surface area contributed by atoms with Crippen molar-refractivity contribution >= 4 is 38.8 Å². The van der Waals surface area contributed by atoms with Crippen LogP contribution in [0.4, 0.5) is 0 Å². The fourth-order valence-corrected chi connectivity index (χ4v) is 7.35. The molecule has 11 heteroatoms. The maximum atomic E-state index is 13.2. The van der Waals surface area contributed by atoms with Crippen molar-refractivity contribution in [3.8, 4) is 0 Å². The molecule has 2 fully saturated rings. The zero-order valence-corrected chi connectivity index (χ0v) is 18.6. The zero-order valence-electron chi connectivity index (χ0n) is 16.1. The lowest BCUT2D eigenvalue weighted by atomic mass is 9.93. The number of rotatable bonds is 7. The molecule has 8 nitrogen and oxygen atoms in total. The maximum absolute atomic E-state index is 13.2. The van der Waals surface area contributed by atoms with Crippen LogP contribution in [0.25, 0.3) is 0 Å². The molecule has 1 amide bonds. The average molecular weight is 456 g/mol. The Morgan fingerprint density at radius 2 is 2.07 bits per heavy atom. The minimum Gasteiger partial charge on any atom is -0.335 e. The second-order valence-electron chi connectivity index (χ2n) is 7.64. The van der Waals surface area contributed by atoms with Crippen LogP contribution < -0.4 is 0 Å². The van der Waals surface area contributed by atoms with Gasteiger partial charge >= 0.3 is 0 Å². The first-order valence-corrected chi connectivity index (χ1v) is 13.6. The molecule has 0 unspecified atom stereocenters. The van der Waals surface area contributed by atoms with E-state index in [1.54, 1.807) is 16.0 Å². The van der Waals surface area contributed by atoms with Gasteiger partial charge in [0.05, 0.1) is 23.8 Å². The van der Waals surface area contributed by atoms with Crippen LogP contribution in [0.3, 0.4) is 0 Å². The number of carbonyl (C=O) groups excluding carboxylic acids is 1. The summed E-state index contributed by atoms with van der Waals surface area (Å²) < 4.78 is 25.7. The van der Waals surface area contributed by atoms with Gasteiger partial charge in [-0.25, -0.2) is 13.1 Å². The molecule has 2 aromatic heterocycles. The minimum atomic E-state index is -3.04. The lowest BCUT2D eigenvalue weighted by molar-refractivity contribution is -0.133. The molecule has 4 rings (SSSR count). The number of aromatic nitrogens is 4. The Morgan fingerprint density at radius 1 is 1.24 bits per heavy atom. The summed E-state index contributed by atoms with van der Waals surface area (Å²) in [6, 6.07) is 3.96. The summed E-state index contributed by atoms with van der Waals surface area (Å²) in [5.74, 6) is 0.489. The van der Waals surface area contributed by atoms with Gasteiger partial charge in [-0.2, -0.15) is 0 Å². The third-order valence-corrected chi connectivity index (χ3v) is 9.12. The van der Waals surface area contributed by atoms with Crippen molar-refractivity contribution in [2.45, 2.75) is 62.3 Å². The average Bonchev–Trinajstić information content (AvgIpc) is 3.44. The normalized spacial score (nSPS) is 22.0. The van der Waals surface area contributed by atoms with Gasteiger partial charge in [-0.05, 0) is 41.1 Å². The van der Waals surface area contributed by atoms with Crippen molar-refractivity contribution in [3.05, 3.63) is 22.4 Å². The highest BCUT2D eigenvalue weighted by Gasteiger charge is 2.38. The van der Waals surface area contributed by atoms with Gasteiger partial charge in [-0.3, -0.25) is 4.79 Å². The topological polar surface area (TPSA) is 98.1 Å². The van der Waals surface area contributed by atoms with Crippen molar-refractivity contribution in [1.82, 2.24) is 25.1 Å². The van der Waals surface area contributed by atoms with Crippen molar-refractivity contribution in [2.24, 2.45) is 0 Å². The van der Waals surface area contributed by atoms with E-state index in [9.17, 15) is 13.2 Å². The van der Waals surface area contributed by atoms with Crippen LogP contribution in [0.5, 0.6) is 0 Å². The Morgan fingerprint density at radius 3 is 2.76 bits per heavy atom. The first-order chi connectivity index (χ1) is 14.0. The molecule has 1 aliphatic heterocycles. The second-order valence-corrected chi connectivity index (χ2v) is 11.8. The van der Waals surface area contributed by atoms with E-state index in [-0.39, 0.29) is 35.2 Å². The highest BCUT2D eigenvalue weighted by molar-refractivity contribution is 7.99. The monoisotopic (exact) mass is 455 g/mol. The lowest BCUT2D eigenvalue weighted by Crippen LogP contribution is -2.49. The van der Waals surface area contributed by atoms with Crippen molar-refractivity contribution in [1.29, 1.82) is 0 Å². The molecule has 0 spiro atoms. The molecule has 0 N–H and O–H groups in total. The number of nitrogens with zero attached hydrogens (tertiary/aromatic N) is 5. The standard InChI is InChI=1S/C18H25N5O3S3/c24-17(12-28-18-19-20-21-22(18)11-16-7-4-9-27-16)23(14-5-2-1-3-6-14)15-8-10-29(25,26)13-15/h4,7,9,14-15H,1-3,5-6,8,10-13H2/t15-/m0/s1. The molecular formula is C18H25N5O3S3. The van der Waals surface area contributed by atoms with Crippen LogP contribution in [0.2, 0.25) is 0 Å². The number of thiophene rings is 1. The van der Waals surface area contributed by atoms with E-state index in [0.717, 1.165) is 30.6 Å². The van der Waals surface area contributed by atoms with Crippen LogP contribution >= 0.6 is 23.1 Å². The molecular weight excluding hydrogens is 430 g/mol. The van der Waals surface area contributed by atoms with Crippen LogP contribution in [0.1, 0.15) is 43.4 Å². The second kappa shape index (κ2) is 9.13. The lowest BCUT2D eigenvalue weighted by Gasteiger charge is -2.38. The van der Waals surface area contributed by atoms with Gasteiger partial charge in [0.2, 0.25) is 11.1 Å². The van der Waals surface area contributed by atoms with Gasteiger partial charge in [0.15, 0.2) is 9.84 Å². The predicted octanol–water partition coefficient (Wildman–Crippen LogP) is 2.22. The predicted molar refractivity (Wildman–Crippen MR) is 113 cm³/mol. The smallest absolute Gasteiger partial charge is 0.233 e. The Hall–Kier alpha value is -1.46. The highest BCUT2D eigenvalue weighted by Crippen LogP contribution is 2.29. The molecule has 2 aliphatic rings. The van der Waals surface area contributed by atoms with Crippen LogP contribution in [0.15, 0.2) is 22.7 Å². The third-order valence-electron chi connectivity index (χ3n) is 5.57. The SMILES string of the molecule is O=C(CSc1nnnn1Cc1cccs1)N(C1CCCCC1)[C@H]1CCS(=O)(=O)C1. The van der Waals surface area contributed by atoms with Crippen molar-refractivity contribution in [2.75, 3.05) is 17.3 Å². The number of sulfone groups is 1. The van der Waals surface area contributed by atoms with E-state index in [1.807, 2.05) is 22.4 Å². The van der Waals surface area contributed by atoms with Gasteiger partial charge < -0.3 is 4.90 Å². The van der Waals surface area contributed by atoms with E-state index in [4.69, 9.17) is 0 Å². The minimum absolute atomic E-state index is 0.00493. The first kappa shape index (κ1) is 20.8. The summed E-state index contributed by atoms with van der Waals surface area (Å²) >= 11 is 2.96. The fourth-order valence-electron chi connectivity index (χ4n) is 4.21. The Kier molecular flexibility index (Phi) is 6.55. The number of hydrogen-bond acceptors (Lipinski definition) is 8. The quantitative estimate of drug-likeness (QED) is 0.590. The van der Waals surface area contributed by atoms with E-state index < -0.39 is 9.84 Å². The summed E-state index contributed by atoms with van der Waals surface area (Å²) in [6.07, 6.45) is 5.85.